The van der Waals surface area contributed by atoms with Gasteiger partial charge in [0, 0.05) is 18.6 Å². The van der Waals surface area contributed by atoms with Gasteiger partial charge in [0.2, 0.25) is 0 Å². The van der Waals surface area contributed by atoms with E-state index in [0.29, 0.717) is 5.56 Å². The van der Waals surface area contributed by atoms with Crippen molar-refractivity contribution >= 4 is 76.4 Å². The second-order valence-corrected chi connectivity index (χ2v) is 8.91. The van der Waals surface area contributed by atoms with Gasteiger partial charge in [-0.15, -0.1) is 11.3 Å². The lowest BCUT2D eigenvalue weighted by Gasteiger charge is -2.18. The van der Waals surface area contributed by atoms with E-state index in [0.717, 1.165) is 23.4 Å². The first kappa shape index (κ1) is 16.0. The SMILES string of the molecule is CN(C)c1ccc(Br)cc1NC(=O)c1cc(Br)sc1Br. The molecule has 0 aliphatic heterocycles. The molecule has 0 saturated heterocycles. The number of nitrogens with zero attached hydrogens (tertiary/aromatic N) is 1. The van der Waals surface area contributed by atoms with Crippen molar-refractivity contribution in [3.05, 3.63) is 41.9 Å². The molecule has 0 atom stereocenters. The molecule has 0 aliphatic carbocycles. The Balaban J connectivity index is 2.32. The van der Waals surface area contributed by atoms with Crippen LogP contribution in [0.1, 0.15) is 10.4 Å². The second-order valence-electron chi connectivity index (χ2n) is 4.25. The normalized spacial score (nSPS) is 10.4. The van der Waals surface area contributed by atoms with Crippen molar-refractivity contribution in [2.24, 2.45) is 0 Å². The Labute approximate surface area is 146 Å². The summed E-state index contributed by atoms with van der Waals surface area (Å²) in [4.78, 5) is 14.3. The lowest BCUT2D eigenvalue weighted by molar-refractivity contribution is 0.102. The van der Waals surface area contributed by atoms with Crippen LogP contribution in [0.5, 0.6) is 0 Å². The number of hydrogen-bond acceptors (Lipinski definition) is 3. The van der Waals surface area contributed by atoms with Crippen LogP contribution in [0.2, 0.25) is 0 Å². The van der Waals surface area contributed by atoms with E-state index in [2.05, 4.69) is 53.1 Å². The van der Waals surface area contributed by atoms with Gasteiger partial charge in [0.1, 0.15) is 0 Å². The fourth-order valence-electron chi connectivity index (χ4n) is 1.68. The van der Waals surface area contributed by atoms with Crippen molar-refractivity contribution in [3.8, 4) is 0 Å². The molecule has 0 unspecified atom stereocenters. The Kier molecular flexibility index (Phi) is 5.28. The van der Waals surface area contributed by atoms with Crippen molar-refractivity contribution in [2.75, 3.05) is 24.3 Å². The third-order valence-corrected chi connectivity index (χ3v) is 5.42. The van der Waals surface area contributed by atoms with Crippen LogP contribution in [-0.2, 0) is 0 Å². The molecule has 3 nitrogen and oxygen atoms in total. The van der Waals surface area contributed by atoms with Gasteiger partial charge in [-0.3, -0.25) is 4.79 Å². The zero-order valence-electron chi connectivity index (χ0n) is 10.7. The average Bonchev–Trinajstić information content (AvgIpc) is 2.68. The number of amides is 1. The number of benzene rings is 1. The van der Waals surface area contributed by atoms with Gasteiger partial charge in [0.15, 0.2) is 0 Å². The van der Waals surface area contributed by atoms with Gasteiger partial charge < -0.3 is 10.2 Å². The summed E-state index contributed by atoms with van der Waals surface area (Å²) in [7, 11) is 3.88. The van der Waals surface area contributed by atoms with Crippen molar-refractivity contribution in [1.29, 1.82) is 0 Å². The Hall–Kier alpha value is -0.370. The standard InChI is InChI=1S/C13H11Br3N2OS/c1-18(2)10-4-3-7(14)5-9(10)17-13(19)8-6-11(15)20-12(8)16/h3-6H,1-2H3,(H,17,19). The first-order valence-electron chi connectivity index (χ1n) is 5.61. The molecule has 1 N–H and O–H groups in total. The number of rotatable bonds is 3. The summed E-state index contributed by atoms with van der Waals surface area (Å²) in [5.74, 6) is -0.139. The van der Waals surface area contributed by atoms with E-state index in [4.69, 9.17) is 0 Å². The van der Waals surface area contributed by atoms with Crippen molar-refractivity contribution in [1.82, 2.24) is 0 Å². The van der Waals surface area contributed by atoms with Crippen LogP contribution < -0.4 is 10.2 Å². The predicted octanol–water partition coefficient (Wildman–Crippen LogP) is 5.35. The lowest BCUT2D eigenvalue weighted by Crippen LogP contribution is -2.16. The largest absolute Gasteiger partial charge is 0.376 e. The predicted molar refractivity (Wildman–Crippen MR) is 96.1 cm³/mol. The summed E-state index contributed by atoms with van der Waals surface area (Å²) < 4.78 is 2.64. The molecule has 1 amide bonds. The number of halogens is 3. The molecule has 1 aromatic heterocycles. The van der Waals surface area contributed by atoms with Crippen molar-refractivity contribution < 1.29 is 4.79 Å². The first-order chi connectivity index (χ1) is 9.38. The summed E-state index contributed by atoms with van der Waals surface area (Å²) in [6.45, 7) is 0. The molecular weight excluding hydrogens is 472 g/mol. The minimum Gasteiger partial charge on any atom is -0.376 e. The summed E-state index contributed by atoms with van der Waals surface area (Å²) in [6, 6.07) is 7.60. The Morgan fingerprint density at radius 1 is 1.20 bits per heavy atom. The molecule has 106 valence electrons. The summed E-state index contributed by atoms with van der Waals surface area (Å²) >= 11 is 11.7. The van der Waals surface area contributed by atoms with Crippen LogP contribution in [0.15, 0.2) is 36.3 Å². The summed E-state index contributed by atoms with van der Waals surface area (Å²) in [5.41, 5.74) is 2.34. The monoisotopic (exact) mass is 480 g/mol. The second kappa shape index (κ2) is 6.60. The topological polar surface area (TPSA) is 32.3 Å². The highest BCUT2D eigenvalue weighted by atomic mass is 79.9. The number of nitrogens with one attached hydrogen (secondary N) is 1. The third-order valence-electron chi connectivity index (χ3n) is 2.59. The minimum absolute atomic E-state index is 0.139. The molecule has 7 heteroatoms. The average molecular weight is 483 g/mol. The van der Waals surface area contributed by atoms with Crippen LogP contribution in [0.3, 0.4) is 0 Å². The van der Waals surface area contributed by atoms with Gasteiger partial charge in [0.05, 0.1) is 24.5 Å². The van der Waals surface area contributed by atoms with Gasteiger partial charge in [0.25, 0.3) is 5.91 Å². The Morgan fingerprint density at radius 2 is 1.90 bits per heavy atom. The van der Waals surface area contributed by atoms with Crippen LogP contribution in [0.4, 0.5) is 11.4 Å². The Bertz CT molecular complexity index is 655. The molecule has 2 aromatic rings. The minimum atomic E-state index is -0.139. The zero-order valence-corrected chi connectivity index (χ0v) is 16.3. The number of anilines is 2. The van der Waals surface area contributed by atoms with E-state index in [1.54, 1.807) is 6.07 Å². The third kappa shape index (κ3) is 3.63. The quantitative estimate of drug-likeness (QED) is 0.639. The van der Waals surface area contributed by atoms with Crippen LogP contribution in [0, 0.1) is 0 Å². The number of thiophene rings is 1. The summed E-state index contributed by atoms with van der Waals surface area (Å²) in [6.07, 6.45) is 0. The Morgan fingerprint density at radius 3 is 2.45 bits per heavy atom. The highest BCUT2D eigenvalue weighted by molar-refractivity contribution is 9.12. The van der Waals surface area contributed by atoms with E-state index in [-0.39, 0.29) is 5.91 Å². The van der Waals surface area contributed by atoms with Crippen LogP contribution in [-0.4, -0.2) is 20.0 Å². The maximum atomic E-state index is 12.3. The van der Waals surface area contributed by atoms with Gasteiger partial charge >= 0.3 is 0 Å². The van der Waals surface area contributed by atoms with E-state index in [1.807, 2.05) is 37.2 Å². The van der Waals surface area contributed by atoms with E-state index in [9.17, 15) is 4.79 Å². The van der Waals surface area contributed by atoms with Gasteiger partial charge in [-0.25, -0.2) is 0 Å². The fraction of sp³-hybridized carbons (Fsp3) is 0.154. The first-order valence-corrected chi connectivity index (χ1v) is 8.81. The van der Waals surface area contributed by atoms with Gasteiger partial charge in [-0.1, -0.05) is 15.9 Å². The van der Waals surface area contributed by atoms with Crippen LogP contribution >= 0.6 is 59.1 Å². The number of carbonyl (C=O) groups is 1. The molecule has 0 saturated carbocycles. The highest BCUT2D eigenvalue weighted by Gasteiger charge is 2.16. The molecular formula is C13H11Br3N2OS. The molecule has 2 rings (SSSR count). The molecule has 0 aliphatic rings. The van der Waals surface area contributed by atoms with Gasteiger partial charge in [-0.2, -0.15) is 0 Å². The molecule has 0 bridgehead atoms. The van der Waals surface area contributed by atoms with E-state index >= 15 is 0 Å². The molecule has 0 radical (unpaired) electrons. The smallest absolute Gasteiger partial charge is 0.257 e. The maximum Gasteiger partial charge on any atom is 0.257 e. The molecule has 0 fully saturated rings. The van der Waals surface area contributed by atoms with E-state index < -0.39 is 0 Å². The lowest BCUT2D eigenvalue weighted by atomic mass is 10.2. The molecule has 0 spiro atoms. The van der Waals surface area contributed by atoms with Gasteiger partial charge in [-0.05, 0) is 56.1 Å². The molecule has 1 aromatic carbocycles. The summed E-state index contributed by atoms with van der Waals surface area (Å²) in [5, 5.41) is 2.95. The molecule has 1 heterocycles. The van der Waals surface area contributed by atoms with Crippen LogP contribution in [0.25, 0.3) is 0 Å². The number of hydrogen-bond donors (Lipinski definition) is 1. The fourth-order valence-corrected chi connectivity index (χ4v) is 4.84. The van der Waals surface area contributed by atoms with Crippen molar-refractivity contribution in [2.45, 2.75) is 0 Å². The van der Waals surface area contributed by atoms with E-state index in [1.165, 1.54) is 11.3 Å². The number of carbonyl (C=O) groups excluding carboxylic acids is 1. The zero-order chi connectivity index (χ0) is 14.9. The molecule has 20 heavy (non-hydrogen) atoms. The maximum absolute atomic E-state index is 12.3. The van der Waals surface area contributed by atoms with Crippen molar-refractivity contribution in [3.63, 3.8) is 0 Å². The highest BCUT2D eigenvalue weighted by Crippen LogP contribution is 2.33.